The van der Waals surface area contributed by atoms with E-state index in [0.717, 1.165) is 5.56 Å². The van der Waals surface area contributed by atoms with Crippen LogP contribution < -0.4 is 10.1 Å². The third kappa shape index (κ3) is 5.65. The Morgan fingerprint density at radius 2 is 1.72 bits per heavy atom. The minimum atomic E-state index is -1.50. The van der Waals surface area contributed by atoms with Gasteiger partial charge in [-0.25, -0.2) is 4.79 Å². The average molecular weight is 343 g/mol. The van der Waals surface area contributed by atoms with Gasteiger partial charge in [-0.05, 0) is 23.8 Å². The molecule has 2 aromatic carbocycles. The lowest BCUT2D eigenvalue weighted by atomic mass is 10.1. The van der Waals surface area contributed by atoms with Crippen molar-refractivity contribution >= 4 is 17.8 Å². The molecule has 0 saturated heterocycles. The SMILES string of the molecule is O=C(O)C[C@H](NC(=O)c1cccc(OCc2ccccc2)c1)C(=O)O. The summed E-state index contributed by atoms with van der Waals surface area (Å²) in [5, 5.41) is 19.9. The van der Waals surface area contributed by atoms with Gasteiger partial charge in [0.05, 0.1) is 6.42 Å². The van der Waals surface area contributed by atoms with Gasteiger partial charge in [0.1, 0.15) is 18.4 Å². The molecule has 1 atom stereocenters. The van der Waals surface area contributed by atoms with Crippen molar-refractivity contribution < 1.29 is 29.3 Å². The number of ether oxygens (including phenoxy) is 1. The lowest BCUT2D eigenvalue weighted by Gasteiger charge is -2.13. The Labute approximate surface area is 143 Å². The van der Waals surface area contributed by atoms with Crippen LogP contribution in [-0.2, 0) is 16.2 Å². The van der Waals surface area contributed by atoms with Gasteiger partial charge in [-0.3, -0.25) is 9.59 Å². The quantitative estimate of drug-likeness (QED) is 0.675. The molecule has 0 saturated carbocycles. The van der Waals surface area contributed by atoms with Crippen molar-refractivity contribution in [3.8, 4) is 5.75 Å². The molecule has 0 aliphatic carbocycles. The summed E-state index contributed by atoms with van der Waals surface area (Å²) in [4.78, 5) is 33.8. The van der Waals surface area contributed by atoms with Gasteiger partial charge in [0.15, 0.2) is 0 Å². The second-order valence-electron chi connectivity index (χ2n) is 5.26. The highest BCUT2D eigenvalue weighted by Gasteiger charge is 2.23. The number of amides is 1. The highest BCUT2D eigenvalue weighted by atomic mass is 16.5. The van der Waals surface area contributed by atoms with Crippen LogP contribution in [0.15, 0.2) is 54.6 Å². The molecule has 130 valence electrons. The molecule has 1 amide bonds. The van der Waals surface area contributed by atoms with E-state index in [0.29, 0.717) is 12.4 Å². The number of carbonyl (C=O) groups is 3. The van der Waals surface area contributed by atoms with Gasteiger partial charge in [0, 0.05) is 5.56 Å². The van der Waals surface area contributed by atoms with E-state index in [2.05, 4.69) is 5.32 Å². The maximum absolute atomic E-state index is 12.1. The van der Waals surface area contributed by atoms with Crippen LogP contribution in [0.3, 0.4) is 0 Å². The molecule has 0 bridgehead atoms. The second kappa shape index (κ2) is 8.49. The standard InChI is InChI=1S/C18H17NO6/c20-16(21)10-15(18(23)24)19-17(22)13-7-4-8-14(9-13)25-11-12-5-2-1-3-6-12/h1-9,15H,10-11H2,(H,19,22)(H,20,21)(H,23,24)/t15-/m0/s1. The van der Waals surface area contributed by atoms with Gasteiger partial charge in [0.25, 0.3) is 5.91 Å². The molecule has 0 fully saturated rings. The molecule has 2 rings (SSSR count). The lowest BCUT2D eigenvalue weighted by Crippen LogP contribution is -2.42. The van der Waals surface area contributed by atoms with Crippen molar-refractivity contribution in [3.05, 3.63) is 65.7 Å². The van der Waals surface area contributed by atoms with Crippen LogP contribution in [0.4, 0.5) is 0 Å². The topological polar surface area (TPSA) is 113 Å². The molecule has 0 unspecified atom stereocenters. The van der Waals surface area contributed by atoms with E-state index in [1.54, 1.807) is 12.1 Å². The van der Waals surface area contributed by atoms with Crippen LogP contribution in [0.2, 0.25) is 0 Å². The zero-order valence-electron chi connectivity index (χ0n) is 13.2. The van der Waals surface area contributed by atoms with E-state index in [1.807, 2.05) is 30.3 Å². The third-order valence-electron chi connectivity index (χ3n) is 3.33. The van der Waals surface area contributed by atoms with Crippen LogP contribution in [0.25, 0.3) is 0 Å². The lowest BCUT2D eigenvalue weighted by molar-refractivity contribution is -0.145. The molecular formula is C18H17NO6. The number of rotatable bonds is 8. The molecule has 0 radical (unpaired) electrons. The van der Waals surface area contributed by atoms with Crippen LogP contribution in [0.5, 0.6) is 5.75 Å². The molecule has 0 aromatic heterocycles. The molecule has 2 aromatic rings. The Bertz CT molecular complexity index is 759. The molecule has 25 heavy (non-hydrogen) atoms. The maximum atomic E-state index is 12.1. The number of hydrogen-bond acceptors (Lipinski definition) is 4. The molecule has 0 heterocycles. The third-order valence-corrected chi connectivity index (χ3v) is 3.33. The highest BCUT2D eigenvalue weighted by Crippen LogP contribution is 2.15. The van der Waals surface area contributed by atoms with Gasteiger partial charge >= 0.3 is 11.9 Å². The number of hydrogen-bond donors (Lipinski definition) is 3. The van der Waals surface area contributed by atoms with Crippen LogP contribution in [-0.4, -0.2) is 34.1 Å². The summed E-state index contributed by atoms with van der Waals surface area (Å²) in [7, 11) is 0. The summed E-state index contributed by atoms with van der Waals surface area (Å²) >= 11 is 0. The fourth-order valence-electron chi connectivity index (χ4n) is 2.08. The number of benzene rings is 2. The van der Waals surface area contributed by atoms with Crippen molar-refractivity contribution in [1.29, 1.82) is 0 Å². The zero-order valence-corrected chi connectivity index (χ0v) is 13.2. The number of carboxylic acid groups (broad SMARTS) is 2. The fraction of sp³-hybridized carbons (Fsp3) is 0.167. The Kier molecular flexibility index (Phi) is 6.11. The number of aliphatic carboxylic acids is 2. The van der Waals surface area contributed by atoms with Crippen LogP contribution >= 0.6 is 0 Å². The number of carbonyl (C=O) groups excluding carboxylic acids is 1. The zero-order chi connectivity index (χ0) is 18.2. The van der Waals surface area contributed by atoms with Crippen molar-refractivity contribution in [2.75, 3.05) is 0 Å². The van der Waals surface area contributed by atoms with Crippen LogP contribution in [0, 0.1) is 0 Å². The first kappa shape index (κ1) is 18.0. The van der Waals surface area contributed by atoms with Crippen molar-refractivity contribution in [2.45, 2.75) is 19.1 Å². The molecule has 7 heteroatoms. The number of carboxylic acids is 2. The first-order valence-corrected chi connectivity index (χ1v) is 7.48. The molecule has 7 nitrogen and oxygen atoms in total. The predicted octanol–water partition coefficient (Wildman–Crippen LogP) is 1.92. The number of nitrogens with one attached hydrogen (secondary N) is 1. The van der Waals surface area contributed by atoms with E-state index in [-0.39, 0.29) is 5.56 Å². The van der Waals surface area contributed by atoms with Crippen molar-refractivity contribution in [2.24, 2.45) is 0 Å². The minimum absolute atomic E-state index is 0.183. The summed E-state index contributed by atoms with van der Waals surface area (Å²) in [6.07, 6.45) is -0.703. The van der Waals surface area contributed by atoms with Crippen LogP contribution in [0.1, 0.15) is 22.3 Å². The Morgan fingerprint density at radius 1 is 1.00 bits per heavy atom. The first-order chi connectivity index (χ1) is 12.0. The predicted molar refractivity (Wildman–Crippen MR) is 88.4 cm³/mol. The first-order valence-electron chi connectivity index (χ1n) is 7.48. The Morgan fingerprint density at radius 3 is 2.36 bits per heavy atom. The largest absolute Gasteiger partial charge is 0.489 e. The Balaban J connectivity index is 2.02. The maximum Gasteiger partial charge on any atom is 0.326 e. The van der Waals surface area contributed by atoms with Gasteiger partial charge in [-0.1, -0.05) is 36.4 Å². The summed E-state index contributed by atoms with van der Waals surface area (Å²) in [6.45, 7) is 0.322. The monoisotopic (exact) mass is 343 g/mol. The van der Waals surface area contributed by atoms with Gasteiger partial charge in [-0.2, -0.15) is 0 Å². The molecule has 0 aliphatic heterocycles. The molecular weight excluding hydrogens is 326 g/mol. The summed E-state index contributed by atoms with van der Waals surface area (Å²) < 4.78 is 5.61. The molecule has 0 aliphatic rings. The summed E-state index contributed by atoms with van der Waals surface area (Å²) in [5.41, 5.74) is 1.15. The van der Waals surface area contributed by atoms with E-state index >= 15 is 0 Å². The Hall–Kier alpha value is -3.35. The smallest absolute Gasteiger partial charge is 0.326 e. The average Bonchev–Trinajstić information content (AvgIpc) is 2.60. The van der Waals surface area contributed by atoms with Crippen molar-refractivity contribution in [1.82, 2.24) is 5.32 Å². The summed E-state index contributed by atoms with van der Waals surface area (Å²) in [6, 6.07) is 14.2. The summed E-state index contributed by atoms with van der Waals surface area (Å²) in [5.74, 6) is -2.96. The van der Waals surface area contributed by atoms with E-state index in [1.165, 1.54) is 12.1 Å². The highest BCUT2D eigenvalue weighted by molar-refractivity contribution is 5.97. The molecule has 3 N–H and O–H groups in total. The molecule has 0 spiro atoms. The fourth-order valence-corrected chi connectivity index (χ4v) is 2.08. The van der Waals surface area contributed by atoms with E-state index in [4.69, 9.17) is 14.9 Å². The van der Waals surface area contributed by atoms with Gasteiger partial charge < -0.3 is 20.3 Å². The van der Waals surface area contributed by atoms with Crippen molar-refractivity contribution in [3.63, 3.8) is 0 Å². The minimum Gasteiger partial charge on any atom is -0.489 e. The van der Waals surface area contributed by atoms with Gasteiger partial charge in [0.2, 0.25) is 0 Å². The second-order valence-corrected chi connectivity index (χ2v) is 5.26. The van der Waals surface area contributed by atoms with Gasteiger partial charge in [-0.15, -0.1) is 0 Å². The van der Waals surface area contributed by atoms with E-state index in [9.17, 15) is 14.4 Å². The van der Waals surface area contributed by atoms with E-state index < -0.39 is 30.3 Å². The normalized spacial score (nSPS) is 11.4.